The second-order valence-electron chi connectivity index (χ2n) is 4.08. The Morgan fingerprint density at radius 2 is 2.15 bits per heavy atom. The molecule has 0 radical (unpaired) electrons. The van der Waals surface area contributed by atoms with Crippen molar-refractivity contribution in [1.29, 1.82) is 0 Å². The number of aliphatic hydroxyl groups excluding tert-OH is 1. The molecule has 106 valence electrons. The van der Waals surface area contributed by atoms with Crippen molar-refractivity contribution < 1.29 is 14.3 Å². The van der Waals surface area contributed by atoms with Gasteiger partial charge in [0.1, 0.15) is 6.26 Å². The number of carbonyl (C=O) groups excluding carboxylic acids is 1. The van der Waals surface area contributed by atoms with Crippen LogP contribution in [0.1, 0.15) is 5.69 Å². The second kappa shape index (κ2) is 7.72. The van der Waals surface area contributed by atoms with Crippen LogP contribution < -0.4 is 5.32 Å². The minimum absolute atomic E-state index is 0.0415. The van der Waals surface area contributed by atoms with Crippen LogP contribution in [-0.2, 0) is 10.5 Å². The van der Waals surface area contributed by atoms with Crippen molar-refractivity contribution in [2.75, 3.05) is 18.9 Å². The van der Waals surface area contributed by atoms with E-state index in [-0.39, 0.29) is 12.5 Å². The highest BCUT2D eigenvalue weighted by Crippen LogP contribution is 2.20. The molecule has 5 nitrogen and oxygen atoms in total. The van der Waals surface area contributed by atoms with E-state index in [1.807, 2.05) is 30.3 Å². The summed E-state index contributed by atoms with van der Waals surface area (Å²) in [6.07, 6.45) is 1.61. The van der Waals surface area contributed by atoms with Crippen LogP contribution in [0.15, 0.2) is 41.0 Å². The largest absolute Gasteiger partial charge is 0.444 e. The van der Waals surface area contributed by atoms with E-state index in [1.165, 1.54) is 11.8 Å². The van der Waals surface area contributed by atoms with Crippen LogP contribution in [0.2, 0.25) is 0 Å². The number of rotatable bonds is 7. The second-order valence-corrected chi connectivity index (χ2v) is 5.06. The number of aliphatic hydroxyl groups is 1. The zero-order chi connectivity index (χ0) is 14.2. The summed E-state index contributed by atoms with van der Waals surface area (Å²) in [7, 11) is 0. The lowest BCUT2D eigenvalue weighted by molar-refractivity contribution is -0.118. The van der Waals surface area contributed by atoms with Crippen molar-refractivity contribution >= 4 is 17.7 Å². The topological polar surface area (TPSA) is 75.4 Å². The molecule has 1 aromatic carbocycles. The normalized spacial score (nSPS) is 10.4. The number of hydrogen-bond donors (Lipinski definition) is 2. The highest BCUT2D eigenvalue weighted by molar-refractivity contribution is 7.99. The number of benzene rings is 1. The molecular formula is C14H16N2O3S. The minimum Gasteiger partial charge on any atom is -0.444 e. The maximum Gasteiger partial charge on any atom is 0.230 e. The summed E-state index contributed by atoms with van der Waals surface area (Å²) in [5, 5.41) is 11.2. The third-order valence-electron chi connectivity index (χ3n) is 2.49. The Labute approximate surface area is 121 Å². The first kappa shape index (κ1) is 14.6. The molecule has 2 aromatic rings. The van der Waals surface area contributed by atoms with Crippen LogP contribution >= 0.6 is 11.8 Å². The molecule has 1 amide bonds. The van der Waals surface area contributed by atoms with Gasteiger partial charge in [0.25, 0.3) is 0 Å². The summed E-state index contributed by atoms with van der Waals surface area (Å²) in [4.78, 5) is 15.7. The molecule has 20 heavy (non-hydrogen) atoms. The van der Waals surface area contributed by atoms with E-state index in [2.05, 4.69) is 10.3 Å². The summed E-state index contributed by atoms with van der Waals surface area (Å²) in [6, 6.07) is 9.67. The third-order valence-corrected chi connectivity index (χ3v) is 3.46. The van der Waals surface area contributed by atoms with Crippen LogP contribution in [0, 0.1) is 0 Å². The van der Waals surface area contributed by atoms with Gasteiger partial charge in [0.15, 0.2) is 0 Å². The molecule has 0 aliphatic heterocycles. The molecule has 6 heteroatoms. The van der Waals surface area contributed by atoms with Crippen molar-refractivity contribution in [1.82, 2.24) is 10.3 Å². The molecular weight excluding hydrogens is 276 g/mol. The maximum absolute atomic E-state index is 11.3. The Kier molecular flexibility index (Phi) is 5.64. The molecule has 0 saturated heterocycles. The fourth-order valence-corrected chi connectivity index (χ4v) is 2.31. The van der Waals surface area contributed by atoms with Gasteiger partial charge in [-0.05, 0) is 12.1 Å². The summed E-state index contributed by atoms with van der Waals surface area (Å²) in [5.74, 6) is 1.46. The maximum atomic E-state index is 11.3. The summed E-state index contributed by atoms with van der Waals surface area (Å²) < 4.78 is 5.42. The average Bonchev–Trinajstić information content (AvgIpc) is 2.95. The zero-order valence-corrected chi connectivity index (χ0v) is 11.7. The van der Waals surface area contributed by atoms with Gasteiger partial charge >= 0.3 is 0 Å². The predicted molar refractivity (Wildman–Crippen MR) is 78.2 cm³/mol. The fourth-order valence-electron chi connectivity index (χ4n) is 1.58. The van der Waals surface area contributed by atoms with Crippen LogP contribution in [0.4, 0.5) is 0 Å². The molecule has 0 atom stereocenters. The number of amides is 1. The highest BCUT2D eigenvalue weighted by Gasteiger charge is 2.07. The predicted octanol–water partition coefficient (Wildman–Crippen LogP) is 1.68. The molecule has 1 heterocycles. The molecule has 1 aromatic heterocycles. The van der Waals surface area contributed by atoms with E-state index < -0.39 is 0 Å². The third kappa shape index (κ3) is 4.40. The molecule has 0 saturated carbocycles. The monoisotopic (exact) mass is 292 g/mol. The molecule has 0 aliphatic carbocycles. The van der Waals surface area contributed by atoms with Crippen LogP contribution in [0.25, 0.3) is 11.5 Å². The first-order valence-corrected chi connectivity index (χ1v) is 7.40. The number of nitrogens with zero attached hydrogens (tertiary/aromatic N) is 1. The van der Waals surface area contributed by atoms with Crippen LogP contribution in [0.3, 0.4) is 0 Å². The Bertz CT molecular complexity index is 542. The van der Waals surface area contributed by atoms with Gasteiger partial charge in [-0.1, -0.05) is 18.2 Å². The van der Waals surface area contributed by atoms with Crippen molar-refractivity contribution in [3.8, 4) is 11.5 Å². The number of thioether (sulfide) groups is 1. The molecule has 0 bridgehead atoms. The summed E-state index contributed by atoms with van der Waals surface area (Å²) in [6.45, 7) is 0.252. The number of hydrogen-bond acceptors (Lipinski definition) is 5. The van der Waals surface area contributed by atoms with E-state index >= 15 is 0 Å². The highest BCUT2D eigenvalue weighted by atomic mass is 32.2. The SMILES string of the molecule is O=C(CSCc1coc(-c2ccccc2)n1)NCCO. The van der Waals surface area contributed by atoms with Crippen molar-refractivity contribution in [3.63, 3.8) is 0 Å². The molecule has 0 unspecified atom stereocenters. The van der Waals surface area contributed by atoms with Gasteiger partial charge in [-0.2, -0.15) is 0 Å². The summed E-state index contributed by atoms with van der Waals surface area (Å²) >= 11 is 1.46. The zero-order valence-electron chi connectivity index (χ0n) is 10.9. The van der Waals surface area contributed by atoms with E-state index in [1.54, 1.807) is 6.26 Å². The lowest BCUT2D eigenvalue weighted by Crippen LogP contribution is -2.27. The van der Waals surface area contributed by atoms with E-state index in [0.717, 1.165) is 11.3 Å². The van der Waals surface area contributed by atoms with Gasteiger partial charge < -0.3 is 14.8 Å². The fraction of sp³-hybridized carbons (Fsp3) is 0.286. The van der Waals surface area contributed by atoms with Gasteiger partial charge in [-0.3, -0.25) is 4.79 Å². The van der Waals surface area contributed by atoms with Gasteiger partial charge in [0.05, 0.1) is 18.1 Å². The molecule has 2 rings (SSSR count). The van der Waals surface area contributed by atoms with Gasteiger partial charge in [0, 0.05) is 17.9 Å². The lowest BCUT2D eigenvalue weighted by atomic mass is 10.2. The van der Waals surface area contributed by atoms with Gasteiger partial charge in [-0.15, -0.1) is 11.8 Å². The van der Waals surface area contributed by atoms with Crippen molar-refractivity contribution in [3.05, 3.63) is 42.3 Å². The van der Waals surface area contributed by atoms with Crippen LogP contribution in [-0.4, -0.2) is 34.9 Å². The van der Waals surface area contributed by atoms with Gasteiger partial charge in [0.2, 0.25) is 11.8 Å². The number of aromatic nitrogens is 1. The standard InChI is InChI=1S/C14H16N2O3S/c17-7-6-15-13(18)10-20-9-12-8-19-14(16-12)11-4-2-1-3-5-11/h1-5,8,17H,6-7,9-10H2,(H,15,18). The molecule has 2 N–H and O–H groups in total. The first-order valence-electron chi connectivity index (χ1n) is 6.24. The smallest absolute Gasteiger partial charge is 0.230 e. The Hall–Kier alpha value is -1.79. The Morgan fingerprint density at radius 3 is 2.90 bits per heavy atom. The molecule has 0 spiro atoms. The number of carbonyl (C=O) groups is 1. The number of nitrogens with one attached hydrogen (secondary N) is 1. The number of oxazole rings is 1. The Morgan fingerprint density at radius 1 is 1.35 bits per heavy atom. The van der Waals surface area contributed by atoms with E-state index in [4.69, 9.17) is 9.52 Å². The first-order chi connectivity index (χ1) is 9.79. The molecule has 0 aliphatic rings. The minimum atomic E-state index is -0.0872. The summed E-state index contributed by atoms with van der Waals surface area (Å²) in [5.41, 5.74) is 1.74. The lowest BCUT2D eigenvalue weighted by Gasteiger charge is -2.01. The average molecular weight is 292 g/mol. The quantitative estimate of drug-likeness (QED) is 0.812. The van der Waals surface area contributed by atoms with E-state index in [0.29, 0.717) is 23.9 Å². The van der Waals surface area contributed by atoms with Gasteiger partial charge in [-0.25, -0.2) is 4.98 Å². The Balaban J connectivity index is 1.80. The van der Waals surface area contributed by atoms with Crippen molar-refractivity contribution in [2.45, 2.75) is 5.75 Å². The van der Waals surface area contributed by atoms with Crippen LogP contribution in [0.5, 0.6) is 0 Å². The van der Waals surface area contributed by atoms with E-state index in [9.17, 15) is 4.79 Å². The molecule has 0 fully saturated rings. The van der Waals surface area contributed by atoms with Crippen molar-refractivity contribution in [2.24, 2.45) is 0 Å².